The Kier molecular flexibility index (Phi) is 9.21. The predicted molar refractivity (Wildman–Crippen MR) is 139 cm³/mol. The van der Waals surface area contributed by atoms with Gasteiger partial charge in [-0.2, -0.15) is 0 Å². The normalized spacial score (nSPS) is 12.1. The lowest BCUT2D eigenvalue weighted by atomic mass is 10.1. The molecule has 3 aromatic rings. The van der Waals surface area contributed by atoms with E-state index in [-0.39, 0.29) is 23.5 Å². The van der Waals surface area contributed by atoms with Crippen molar-refractivity contribution in [2.45, 2.75) is 12.5 Å². The molecule has 0 amide bonds. The Balaban J connectivity index is 1.71. The minimum absolute atomic E-state index is 0.143. The highest BCUT2D eigenvalue weighted by atomic mass is 16.6. The van der Waals surface area contributed by atoms with Gasteiger partial charge in [0, 0.05) is 12.5 Å². The Labute approximate surface area is 226 Å². The van der Waals surface area contributed by atoms with Crippen LogP contribution < -0.4 is 4.74 Å². The summed E-state index contributed by atoms with van der Waals surface area (Å²) >= 11 is 0. The average molecular weight is 552 g/mol. The number of carbonyl (C=O) groups excluding carboxylic acids is 2. The van der Waals surface area contributed by atoms with E-state index in [0.717, 1.165) is 31.4 Å². The molecule has 0 saturated heterocycles. The Bertz CT molecular complexity index is 1490. The van der Waals surface area contributed by atoms with Gasteiger partial charge in [0.25, 0.3) is 0 Å². The van der Waals surface area contributed by atoms with Gasteiger partial charge in [0.05, 0.1) is 7.11 Å². The molecule has 0 aliphatic heterocycles. The van der Waals surface area contributed by atoms with Crippen LogP contribution in [0.4, 0.5) is 0 Å². The number of phenolic OH excluding ortho intramolecular Hbond substituents is 5. The van der Waals surface area contributed by atoms with Crippen molar-refractivity contribution in [3.63, 3.8) is 0 Å². The summed E-state index contributed by atoms with van der Waals surface area (Å²) in [7, 11) is 1.11. The third kappa shape index (κ3) is 7.68. The number of carboxylic acid groups (broad SMARTS) is 1. The second kappa shape index (κ2) is 12.7. The fraction of sp³-hybridized carbons (Fsp3) is 0.107. The van der Waals surface area contributed by atoms with Gasteiger partial charge in [0.1, 0.15) is 0 Å². The summed E-state index contributed by atoms with van der Waals surface area (Å²) in [6.07, 6.45) is 1.82. The highest BCUT2D eigenvalue weighted by Gasteiger charge is 2.24. The molecule has 0 bridgehead atoms. The third-order valence-corrected chi connectivity index (χ3v) is 5.31. The molecule has 3 aromatic carbocycles. The SMILES string of the molecule is COC(=O)C(Cc1ccc(O)c(O)c1)OC(=O)/C=C/c1ccc(O/C(=C\c2ccc(O)c(O)c2)C(=O)O)c(O)c1. The molecule has 208 valence electrons. The van der Waals surface area contributed by atoms with E-state index < -0.39 is 52.8 Å². The summed E-state index contributed by atoms with van der Waals surface area (Å²) in [5, 5.41) is 57.8. The Hall–Kier alpha value is -5.65. The Morgan fingerprint density at radius 1 is 0.800 bits per heavy atom. The molecule has 0 heterocycles. The molecule has 1 unspecified atom stereocenters. The number of methoxy groups -OCH3 is 1. The van der Waals surface area contributed by atoms with E-state index in [2.05, 4.69) is 4.74 Å². The molecule has 0 aliphatic rings. The van der Waals surface area contributed by atoms with Crippen molar-refractivity contribution in [3.05, 3.63) is 83.1 Å². The zero-order chi connectivity index (χ0) is 29.4. The number of carbonyl (C=O) groups is 3. The fourth-order valence-electron chi connectivity index (χ4n) is 3.32. The molecule has 40 heavy (non-hydrogen) atoms. The molecule has 1 atom stereocenters. The molecular weight excluding hydrogens is 528 g/mol. The minimum atomic E-state index is -1.47. The van der Waals surface area contributed by atoms with Crippen molar-refractivity contribution >= 4 is 30.1 Å². The van der Waals surface area contributed by atoms with Crippen LogP contribution in [-0.2, 0) is 30.3 Å². The molecular formula is C28H24O12. The molecule has 12 nitrogen and oxygen atoms in total. The van der Waals surface area contributed by atoms with Crippen LogP contribution >= 0.6 is 0 Å². The standard InChI is InChI=1S/C28H24O12/c1-38-28(37)25(14-17-3-7-19(30)21(32)12-17)40-26(34)9-5-15-4-8-23(22(33)10-15)39-24(27(35)36)13-16-2-6-18(29)20(31)11-16/h2-13,25,29-33H,14H2,1H3,(H,35,36)/b9-5+,24-13-. The van der Waals surface area contributed by atoms with Crippen LogP contribution in [0.15, 0.2) is 66.4 Å². The molecule has 0 spiro atoms. The quantitative estimate of drug-likeness (QED) is 0.0931. The monoisotopic (exact) mass is 552 g/mol. The van der Waals surface area contributed by atoms with Crippen molar-refractivity contribution in [1.82, 2.24) is 0 Å². The lowest BCUT2D eigenvalue weighted by Gasteiger charge is -2.15. The van der Waals surface area contributed by atoms with Crippen molar-refractivity contribution in [2.24, 2.45) is 0 Å². The van der Waals surface area contributed by atoms with Gasteiger partial charge >= 0.3 is 17.9 Å². The fourth-order valence-corrected chi connectivity index (χ4v) is 3.32. The summed E-state index contributed by atoms with van der Waals surface area (Å²) in [5.74, 6) is -6.15. The summed E-state index contributed by atoms with van der Waals surface area (Å²) in [6.45, 7) is 0. The number of esters is 2. The van der Waals surface area contributed by atoms with E-state index in [1.54, 1.807) is 0 Å². The first-order valence-corrected chi connectivity index (χ1v) is 11.4. The van der Waals surface area contributed by atoms with Crippen LogP contribution in [0, 0.1) is 0 Å². The van der Waals surface area contributed by atoms with Gasteiger partial charge in [-0.3, -0.25) is 0 Å². The summed E-state index contributed by atoms with van der Waals surface area (Å²) in [4.78, 5) is 36.1. The summed E-state index contributed by atoms with van der Waals surface area (Å²) in [6, 6.07) is 11.3. The minimum Gasteiger partial charge on any atom is -0.504 e. The average Bonchev–Trinajstić information content (AvgIpc) is 2.91. The first-order chi connectivity index (χ1) is 19.0. The molecule has 0 aromatic heterocycles. The summed E-state index contributed by atoms with van der Waals surface area (Å²) in [5.41, 5.74) is 0.891. The first kappa shape index (κ1) is 28.9. The summed E-state index contributed by atoms with van der Waals surface area (Å²) < 4.78 is 15.1. The Morgan fingerprint density at radius 3 is 2.02 bits per heavy atom. The maximum Gasteiger partial charge on any atom is 0.371 e. The van der Waals surface area contributed by atoms with Crippen molar-refractivity contribution in [3.8, 4) is 34.5 Å². The second-order valence-corrected chi connectivity index (χ2v) is 8.20. The van der Waals surface area contributed by atoms with Gasteiger partial charge in [0.2, 0.25) is 11.9 Å². The lowest BCUT2D eigenvalue weighted by Crippen LogP contribution is -2.30. The molecule has 0 radical (unpaired) electrons. The molecule has 12 heteroatoms. The van der Waals surface area contributed by atoms with Gasteiger partial charge in [-0.25, -0.2) is 14.4 Å². The van der Waals surface area contributed by atoms with Gasteiger partial charge in [-0.1, -0.05) is 18.2 Å². The molecule has 0 saturated carbocycles. The van der Waals surface area contributed by atoms with Crippen molar-refractivity contribution < 1.29 is 59.2 Å². The number of phenols is 5. The maximum absolute atomic E-state index is 12.3. The van der Waals surface area contributed by atoms with Gasteiger partial charge in [0.15, 0.2) is 34.5 Å². The van der Waals surface area contributed by atoms with Crippen LogP contribution in [0.25, 0.3) is 12.2 Å². The van der Waals surface area contributed by atoms with Crippen molar-refractivity contribution in [1.29, 1.82) is 0 Å². The van der Waals surface area contributed by atoms with E-state index in [1.165, 1.54) is 48.5 Å². The number of rotatable bonds is 10. The number of aliphatic carboxylic acids is 1. The molecule has 6 N–H and O–H groups in total. The zero-order valence-electron chi connectivity index (χ0n) is 20.8. The van der Waals surface area contributed by atoms with E-state index in [1.807, 2.05) is 0 Å². The predicted octanol–water partition coefficient (Wildman–Crippen LogP) is 3.06. The largest absolute Gasteiger partial charge is 0.504 e. The highest BCUT2D eigenvalue weighted by Crippen LogP contribution is 2.31. The molecule has 3 rings (SSSR count). The first-order valence-electron chi connectivity index (χ1n) is 11.4. The van der Waals surface area contributed by atoms with Gasteiger partial charge in [-0.05, 0) is 65.2 Å². The van der Waals surface area contributed by atoms with E-state index >= 15 is 0 Å². The van der Waals surface area contributed by atoms with E-state index in [4.69, 9.17) is 9.47 Å². The number of carboxylic acids is 1. The number of benzene rings is 3. The molecule has 0 aliphatic carbocycles. The molecule has 0 fully saturated rings. The second-order valence-electron chi connectivity index (χ2n) is 8.20. The maximum atomic E-state index is 12.3. The van der Waals surface area contributed by atoms with E-state index in [9.17, 15) is 45.0 Å². The number of aromatic hydroxyl groups is 5. The third-order valence-electron chi connectivity index (χ3n) is 5.31. The topological polar surface area (TPSA) is 200 Å². The van der Waals surface area contributed by atoms with Crippen LogP contribution in [0.1, 0.15) is 16.7 Å². The van der Waals surface area contributed by atoms with Crippen LogP contribution in [0.2, 0.25) is 0 Å². The lowest BCUT2D eigenvalue weighted by molar-refractivity contribution is -0.162. The van der Waals surface area contributed by atoms with Crippen LogP contribution in [0.3, 0.4) is 0 Å². The van der Waals surface area contributed by atoms with E-state index in [0.29, 0.717) is 11.1 Å². The number of hydrogen-bond acceptors (Lipinski definition) is 11. The van der Waals surface area contributed by atoms with Crippen LogP contribution in [0.5, 0.6) is 34.5 Å². The van der Waals surface area contributed by atoms with Gasteiger partial charge < -0.3 is 44.8 Å². The number of ether oxygens (including phenoxy) is 3. The van der Waals surface area contributed by atoms with Crippen molar-refractivity contribution in [2.75, 3.05) is 7.11 Å². The highest BCUT2D eigenvalue weighted by molar-refractivity contribution is 5.91. The smallest absolute Gasteiger partial charge is 0.371 e. The van der Waals surface area contributed by atoms with Gasteiger partial charge in [-0.15, -0.1) is 0 Å². The van der Waals surface area contributed by atoms with Crippen LogP contribution in [-0.4, -0.2) is 61.8 Å². The zero-order valence-corrected chi connectivity index (χ0v) is 20.8. The number of hydrogen-bond donors (Lipinski definition) is 6. The Morgan fingerprint density at radius 2 is 1.43 bits per heavy atom.